The second-order valence-corrected chi connectivity index (χ2v) is 4.48. The van der Waals surface area contributed by atoms with E-state index < -0.39 is 12.0 Å². The molecule has 0 saturated heterocycles. The lowest BCUT2D eigenvalue weighted by atomic mass is 10.1. The summed E-state index contributed by atoms with van der Waals surface area (Å²) in [7, 11) is 0. The monoisotopic (exact) mass is 264 g/mol. The van der Waals surface area contributed by atoms with Crippen molar-refractivity contribution >= 4 is 17.6 Å². The van der Waals surface area contributed by atoms with E-state index in [1.807, 2.05) is 13.0 Å². The van der Waals surface area contributed by atoms with Gasteiger partial charge in [0.15, 0.2) is 0 Å². The summed E-state index contributed by atoms with van der Waals surface area (Å²) in [5.41, 5.74) is 7.25. The number of hydrogen-bond donors (Lipinski definition) is 3. The van der Waals surface area contributed by atoms with Gasteiger partial charge in [-0.2, -0.15) is 0 Å². The van der Waals surface area contributed by atoms with Crippen LogP contribution in [0.2, 0.25) is 0 Å². The van der Waals surface area contributed by atoms with Crippen molar-refractivity contribution in [1.82, 2.24) is 0 Å². The number of amides is 1. The van der Waals surface area contributed by atoms with Gasteiger partial charge in [0.05, 0.1) is 6.04 Å². The van der Waals surface area contributed by atoms with Crippen molar-refractivity contribution in [3.63, 3.8) is 0 Å². The van der Waals surface area contributed by atoms with E-state index in [0.29, 0.717) is 18.5 Å². The van der Waals surface area contributed by atoms with Gasteiger partial charge in [-0.05, 0) is 30.5 Å². The molecule has 1 atom stereocenters. The number of nitrogens with two attached hydrogens (primary N) is 1. The zero-order chi connectivity index (χ0) is 14.3. The average Bonchev–Trinajstić information content (AvgIpc) is 2.37. The van der Waals surface area contributed by atoms with E-state index >= 15 is 0 Å². The molecule has 0 aliphatic heterocycles. The number of carbonyl (C=O) groups excluding carboxylic acids is 1. The van der Waals surface area contributed by atoms with Crippen LogP contribution >= 0.6 is 0 Å². The Kier molecular flexibility index (Phi) is 6.02. The summed E-state index contributed by atoms with van der Waals surface area (Å²) in [6.07, 6.45) is 2.02. The van der Waals surface area contributed by atoms with Crippen LogP contribution in [0.15, 0.2) is 24.3 Å². The summed E-state index contributed by atoms with van der Waals surface area (Å²) in [4.78, 5) is 22.3. The van der Waals surface area contributed by atoms with E-state index in [4.69, 9.17) is 10.8 Å². The molecule has 0 unspecified atom stereocenters. The Labute approximate surface area is 112 Å². The molecule has 1 aromatic rings. The van der Waals surface area contributed by atoms with Crippen LogP contribution in [0.25, 0.3) is 0 Å². The number of benzene rings is 1. The number of aliphatic carboxylic acids is 1. The first kappa shape index (κ1) is 15.2. The van der Waals surface area contributed by atoms with Gasteiger partial charge in [0.1, 0.15) is 0 Å². The molecule has 0 aliphatic carbocycles. The first-order valence-corrected chi connectivity index (χ1v) is 6.40. The fourth-order valence-corrected chi connectivity index (χ4v) is 1.73. The van der Waals surface area contributed by atoms with Crippen molar-refractivity contribution in [3.8, 4) is 0 Å². The number of aryl methyl sites for hydroxylation is 1. The molecule has 0 radical (unpaired) electrons. The highest BCUT2D eigenvalue weighted by Crippen LogP contribution is 2.13. The topological polar surface area (TPSA) is 92.4 Å². The molecule has 1 rings (SSSR count). The summed E-state index contributed by atoms with van der Waals surface area (Å²) in [5.74, 6) is -1.04. The molecule has 0 fully saturated rings. The predicted octanol–water partition coefficient (Wildman–Crippen LogP) is 1.77. The maximum atomic E-state index is 11.7. The number of hydrogen-bond acceptors (Lipinski definition) is 3. The number of carbonyl (C=O) groups is 2. The minimum atomic E-state index is -0.834. The van der Waals surface area contributed by atoms with Gasteiger partial charge in [-0.1, -0.05) is 25.5 Å². The number of carboxylic acids is 1. The molecule has 0 saturated carbocycles. The van der Waals surface area contributed by atoms with Crippen molar-refractivity contribution < 1.29 is 14.7 Å². The van der Waals surface area contributed by atoms with Crippen molar-refractivity contribution in [2.75, 3.05) is 5.32 Å². The normalized spacial score (nSPS) is 11.9. The summed E-state index contributed by atoms with van der Waals surface area (Å²) in [6, 6.07) is 6.66. The largest absolute Gasteiger partial charge is 0.481 e. The molecule has 0 heterocycles. The van der Waals surface area contributed by atoms with Crippen LogP contribution in [0.4, 0.5) is 5.69 Å². The van der Waals surface area contributed by atoms with E-state index in [-0.39, 0.29) is 12.3 Å². The Morgan fingerprint density at radius 3 is 2.79 bits per heavy atom. The SMILES string of the molecule is CCC[C@@H](N)C(=O)Nc1cccc(CCC(=O)O)c1. The average molecular weight is 264 g/mol. The number of nitrogens with one attached hydrogen (secondary N) is 1. The van der Waals surface area contributed by atoms with Gasteiger partial charge in [-0.25, -0.2) is 0 Å². The van der Waals surface area contributed by atoms with Gasteiger partial charge >= 0.3 is 5.97 Å². The van der Waals surface area contributed by atoms with E-state index in [1.54, 1.807) is 18.2 Å². The number of rotatable bonds is 7. The number of anilines is 1. The van der Waals surface area contributed by atoms with E-state index in [0.717, 1.165) is 12.0 Å². The van der Waals surface area contributed by atoms with Crippen LogP contribution in [0.3, 0.4) is 0 Å². The molecule has 0 bridgehead atoms. The maximum absolute atomic E-state index is 11.7. The zero-order valence-corrected chi connectivity index (χ0v) is 11.1. The molecule has 0 aromatic heterocycles. The van der Waals surface area contributed by atoms with Gasteiger partial charge in [-0.3, -0.25) is 9.59 Å². The highest BCUT2D eigenvalue weighted by atomic mass is 16.4. The second kappa shape index (κ2) is 7.53. The smallest absolute Gasteiger partial charge is 0.303 e. The van der Waals surface area contributed by atoms with Crippen LogP contribution in [0.1, 0.15) is 31.7 Å². The van der Waals surface area contributed by atoms with Crippen LogP contribution in [-0.2, 0) is 16.0 Å². The highest BCUT2D eigenvalue weighted by molar-refractivity contribution is 5.94. The summed E-state index contributed by atoms with van der Waals surface area (Å²) in [5, 5.41) is 11.4. The fourth-order valence-electron chi connectivity index (χ4n) is 1.73. The van der Waals surface area contributed by atoms with Crippen LogP contribution < -0.4 is 11.1 Å². The Balaban J connectivity index is 2.61. The van der Waals surface area contributed by atoms with E-state index in [9.17, 15) is 9.59 Å². The Bertz CT molecular complexity index is 446. The third-order valence-electron chi connectivity index (χ3n) is 2.76. The first-order valence-electron chi connectivity index (χ1n) is 6.40. The third-order valence-corrected chi connectivity index (χ3v) is 2.76. The molecule has 1 aromatic carbocycles. The van der Waals surface area contributed by atoms with Crippen molar-refractivity contribution in [2.24, 2.45) is 5.73 Å². The van der Waals surface area contributed by atoms with E-state index in [2.05, 4.69) is 5.32 Å². The predicted molar refractivity (Wildman–Crippen MR) is 73.9 cm³/mol. The molecular weight excluding hydrogens is 244 g/mol. The highest BCUT2D eigenvalue weighted by Gasteiger charge is 2.12. The van der Waals surface area contributed by atoms with E-state index in [1.165, 1.54) is 0 Å². The molecule has 1 amide bonds. The molecular formula is C14H20N2O3. The minimum absolute atomic E-state index is 0.0761. The molecule has 0 aliphatic rings. The molecule has 4 N–H and O–H groups in total. The van der Waals surface area contributed by atoms with Crippen molar-refractivity contribution in [1.29, 1.82) is 0 Å². The molecule has 5 nitrogen and oxygen atoms in total. The van der Waals surface area contributed by atoms with Gasteiger partial charge in [0.2, 0.25) is 5.91 Å². The second-order valence-electron chi connectivity index (χ2n) is 4.48. The first-order chi connectivity index (χ1) is 9.02. The zero-order valence-electron chi connectivity index (χ0n) is 11.1. The lowest BCUT2D eigenvalue weighted by Crippen LogP contribution is -2.35. The van der Waals surface area contributed by atoms with Crippen LogP contribution in [-0.4, -0.2) is 23.0 Å². The standard InChI is InChI=1S/C14H20N2O3/c1-2-4-12(15)14(19)16-11-6-3-5-10(9-11)7-8-13(17)18/h3,5-6,9,12H,2,4,7-8,15H2,1H3,(H,16,19)(H,17,18)/t12-/m1/s1. The summed E-state index contributed by atoms with van der Waals surface area (Å²) < 4.78 is 0. The Morgan fingerprint density at radius 2 is 2.16 bits per heavy atom. The molecule has 0 spiro atoms. The van der Waals surface area contributed by atoms with Crippen LogP contribution in [0.5, 0.6) is 0 Å². The number of carboxylic acid groups (broad SMARTS) is 1. The summed E-state index contributed by atoms with van der Waals surface area (Å²) >= 11 is 0. The Morgan fingerprint density at radius 1 is 1.42 bits per heavy atom. The fraction of sp³-hybridized carbons (Fsp3) is 0.429. The van der Waals surface area contributed by atoms with Crippen LogP contribution in [0, 0.1) is 0 Å². The molecule has 104 valence electrons. The van der Waals surface area contributed by atoms with Gasteiger partial charge in [-0.15, -0.1) is 0 Å². The van der Waals surface area contributed by atoms with Crippen molar-refractivity contribution in [3.05, 3.63) is 29.8 Å². The summed E-state index contributed by atoms with van der Waals surface area (Å²) in [6.45, 7) is 1.97. The lowest BCUT2D eigenvalue weighted by Gasteiger charge is -2.11. The van der Waals surface area contributed by atoms with Gasteiger partial charge in [0.25, 0.3) is 0 Å². The quantitative estimate of drug-likeness (QED) is 0.699. The lowest BCUT2D eigenvalue weighted by molar-refractivity contribution is -0.137. The Hall–Kier alpha value is -1.88. The minimum Gasteiger partial charge on any atom is -0.481 e. The third kappa shape index (κ3) is 5.52. The molecule has 5 heteroatoms. The van der Waals surface area contributed by atoms with Crippen molar-refractivity contribution in [2.45, 2.75) is 38.6 Å². The van der Waals surface area contributed by atoms with Gasteiger partial charge < -0.3 is 16.2 Å². The molecule has 19 heavy (non-hydrogen) atoms. The maximum Gasteiger partial charge on any atom is 0.303 e. The van der Waals surface area contributed by atoms with Gasteiger partial charge in [0, 0.05) is 12.1 Å².